The van der Waals surface area contributed by atoms with Gasteiger partial charge in [0.1, 0.15) is 5.41 Å². The Morgan fingerprint density at radius 3 is 2.22 bits per heavy atom. The smallest absolute Gasteiger partial charge is 0.319 e. The summed E-state index contributed by atoms with van der Waals surface area (Å²) in [6.45, 7) is 7.41. The largest absolute Gasteiger partial charge is 0.480 e. The summed E-state index contributed by atoms with van der Waals surface area (Å²) in [5.74, 6) is -1.51. The lowest BCUT2D eigenvalue weighted by molar-refractivity contribution is -0.157. The molecule has 1 atom stereocenters. The fraction of sp³-hybridized carbons (Fsp3) is 0.846. The minimum Gasteiger partial charge on any atom is -0.480 e. The summed E-state index contributed by atoms with van der Waals surface area (Å²) in [5.41, 5.74) is -1.74. The van der Waals surface area contributed by atoms with Crippen LogP contribution in [0.3, 0.4) is 0 Å². The molecular weight excluding hydrogens is 234 g/mol. The zero-order chi connectivity index (χ0) is 14.0. The second-order valence-corrected chi connectivity index (χ2v) is 6.10. The van der Waals surface area contributed by atoms with Gasteiger partial charge >= 0.3 is 5.97 Å². The summed E-state index contributed by atoms with van der Waals surface area (Å²) >= 11 is 0. The molecule has 18 heavy (non-hydrogen) atoms. The first kappa shape index (κ1) is 15.0. The van der Waals surface area contributed by atoms with E-state index in [4.69, 9.17) is 4.74 Å². The van der Waals surface area contributed by atoms with Crippen LogP contribution in [-0.4, -0.2) is 35.2 Å². The Balaban J connectivity index is 2.55. The number of aliphatic carboxylic acids is 1. The van der Waals surface area contributed by atoms with Gasteiger partial charge in [0.2, 0.25) is 5.91 Å². The first-order chi connectivity index (χ1) is 8.15. The number of ether oxygens (including phenoxy) is 1. The standard InChI is InChI=1S/C13H23NO4/c1-12(2,3)18-8-7-13(4,11(16)17)10(15)14-9-5-6-9/h9H,5-8H2,1-4H3,(H,14,15)(H,16,17). The maximum absolute atomic E-state index is 12.0. The van der Waals surface area contributed by atoms with Crippen molar-refractivity contribution in [1.82, 2.24) is 5.32 Å². The summed E-state index contributed by atoms with van der Waals surface area (Å²) in [6.07, 6.45) is 2.07. The van der Waals surface area contributed by atoms with Crippen LogP contribution in [-0.2, 0) is 14.3 Å². The molecule has 1 fully saturated rings. The zero-order valence-electron chi connectivity index (χ0n) is 11.6. The van der Waals surface area contributed by atoms with Crippen LogP contribution in [0.4, 0.5) is 0 Å². The molecule has 5 nitrogen and oxygen atoms in total. The highest BCUT2D eigenvalue weighted by molar-refractivity contribution is 6.01. The Hall–Kier alpha value is -1.10. The number of carbonyl (C=O) groups is 2. The van der Waals surface area contributed by atoms with Crippen LogP contribution >= 0.6 is 0 Å². The van der Waals surface area contributed by atoms with Gasteiger partial charge in [-0.1, -0.05) is 0 Å². The summed E-state index contributed by atoms with van der Waals surface area (Å²) < 4.78 is 5.50. The van der Waals surface area contributed by atoms with E-state index < -0.39 is 17.3 Å². The molecule has 1 saturated carbocycles. The SMILES string of the molecule is CC(C)(C)OCCC(C)(C(=O)O)C(=O)NC1CC1. The lowest BCUT2D eigenvalue weighted by Crippen LogP contribution is -2.46. The number of hydrogen-bond donors (Lipinski definition) is 2. The molecule has 104 valence electrons. The van der Waals surface area contributed by atoms with Crippen molar-refractivity contribution in [2.45, 2.75) is 58.6 Å². The number of carboxylic acid groups (broad SMARTS) is 1. The van der Waals surface area contributed by atoms with Crippen LogP contribution in [0.15, 0.2) is 0 Å². The van der Waals surface area contributed by atoms with Crippen molar-refractivity contribution in [2.24, 2.45) is 5.41 Å². The fourth-order valence-electron chi connectivity index (χ4n) is 1.45. The van der Waals surface area contributed by atoms with Crippen LogP contribution in [0.1, 0.15) is 47.0 Å². The summed E-state index contributed by atoms with van der Waals surface area (Å²) in [6, 6.07) is 0.166. The van der Waals surface area contributed by atoms with E-state index in [0.29, 0.717) is 0 Å². The van der Waals surface area contributed by atoms with Gasteiger partial charge in [0.05, 0.1) is 5.60 Å². The molecule has 0 aromatic carbocycles. The van der Waals surface area contributed by atoms with Crippen LogP contribution < -0.4 is 5.32 Å². The molecule has 1 aliphatic rings. The molecule has 2 N–H and O–H groups in total. The predicted octanol–water partition coefficient (Wildman–Crippen LogP) is 1.56. The van der Waals surface area contributed by atoms with Crippen molar-refractivity contribution in [2.75, 3.05) is 6.61 Å². The molecule has 0 saturated heterocycles. The number of nitrogens with one attached hydrogen (secondary N) is 1. The molecule has 5 heteroatoms. The van der Waals surface area contributed by atoms with Crippen LogP contribution in [0.25, 0.3) is 0 Å². The molecule has 1 rings (SSSR count). The van der Waals surface area contributed by atoms with Gasteiger partial charge in [0, 0.05) is 12.6 Å². The quantitative estimate of drug-likeness (QED) is 0.708. The van der Waals surface area contributed by atoms with Crippen molar-refractivity contribution >= 4 is 11.9 Å². The van der Waals surface area contributed by atoms with Crippen molar-refractivity contribution in [3.63, 3.8) is 0 Å². The van der Waals surface area contributed by atoms with E-state index in [9.17, 15) is 14.7 Å². The highest BCUT2D eigenvalue weighted by atomic mass is 16.5. The molecule has 0 aromatic heterocycles. The average Bonchev–Trinajstić information content (AvgIpc) is 2.98. The number of rotatable bonds is 6. The number of hydrogen-bond acceptors (Lipinski definition) is 3. The lowest BCUT2D eigenvalue weighted by Gasteiger charge is -2.26. The second-order valence-electron chi connectivity index (χ2n) is 6.10. The van der Waals surface area contributed by atoms with Gasteiger partial charge in [-0.3, -0.25) is 9.59 Å². The van der Waals surface area contributed by atoms with Gasteiger partial charge in [-0.25, -0.2) is 0 Å². The van der Waals surface area contributed by atoms with E-state index in [2.05, 4.69) is 5.32 Å². The molecule has 0 bridgehead atoms. The first-order valence-electron chi connectivity index (χ1n) is 6.33. The predicted molar refractivity (Wildman–Crippen MR) is 67.2 cm³/mol. The molecule has 0 heterocycles. The topological polar surface area (TPSA) is 75.6 Å². The molecule has 0 radical (unpaired) electrons. The van der Waals surface area contributed by atoms with Gasteiger partial charge in [-0.05, 0) is 47.0 Å². The van der Waals surface area contributed by atoms with E-state index in [1.807, 2.05) is 20.8 Å². The lowest BCUT2D eigenvalue weighted by atomic mass is 9.86. The van der Waals surface area contributed by atoms with E-state index >= 15 is 0 Å². The Kier molecular flexibility index (Phi) is 4.37. The third-order valence-electron chi connectivity index (χ3n) is 3.02. The maximum atomic E-state index is 12.0. The van der Waals surface area contributed by atoms with Gasteiger partial charge in [0.25, 0.3) is 0 Å². The van der Waals surface area contributed by atoms with Gasteiger partial charge in [-0.15, -0.1) is 0 Å². The van der Waals surface area contributed by atoms with Crippen LogP contribution in [0.5, 0.6) is 0 Å². The summed E-state index contributed by atoms with van der Waals surface area (Å²) in [4.78, 5) is 23.3. The van der Waals surface area contributed by atoms with Crippen molar-refractivity contribution in [1.29, 1.82) is 0 Å². The number of carbonyl (C=O) groups excluding carboxylic acids is 1. The maximum Gasteiger partial charge on any atom is 0.319 e. The minimum atomic E-state index is -1.41. The van der Waals surface area contributed by atoms with Crippen molar-refractivity contribution < 1.29 is 19.4 Å². The third kappa shape index (κ3) is 4.29. The van der Waals surface area contributed by atoms with Gasteiger partial charge < -0.3 is 15.2 Å². The molecule has 0 aromatic rings. The molecular formula is C13H23NO4. The monoisotopic (exact) mass is 257 g/mol. The Morgan fingerprint density at radius 2 is 1.83 bits per heavy atom. The number of amides is 1. The van der Waals surface area contributed by atoms with E-state index in [1.165, 1.54) is 6.92 Å². The van der Waals surface area contributed by atoms with E-state index in [1.54, 1.807) is 0 Å². The highest BCUT2D eigenvalue weighted by Gasteiger charge is 2.43. The number of carboxylic acids is 1. The molecule has 0 spiro atoms. The van der Waals surface area contributed by atoms with E-state index in [0.717, 1.165) is 12.8 Å². The first-order valence-corrected chi connectivity index (χ1v) is 6.33. The average molecular weight is 257 g/mol. The minimum absolute atomic E-state index is 0.166. The Morgan fingerprint density at radius 1 is 1.28 bits per heavy atom. The third-order valence-corrected chi connectivity index (χ3v) is 3.02. The summed E-state index contributed by atoms with van der Waals surface area (Å²) in [5, 5.41) is 12.0. The molecule has 1 unspecified atom stereocenters. The zero-order valence-corrected chi connectivity index (χ0v) is 11.6. The second kappa shape index (κ2) is 5.26. The highest BCUT2D eigenvalue weighted by Crippen LogP contribution is 2.27. The normalized spacial score (nSPS) is 19.1. The molecule has 1 amide bonds. The van der Waals surface area contributed by atoms with Crippen molar-refractivity contribution in [3.05, 3.63) is 0 Å². The van der Waals surface area contributed by atoms with Gasteiger partial charge in [0.15, 0.2) is 0 Å². The molecule has 1 aliphatic carbocycles. The fourth-order valence-corrected chi connectivity index (χ4v) is 1.45. The molecule has 0 aliphatic heterocycles. The van der Waals surface area contributed by atoms with Crippen molar-refractivity contribution in [3.8, 4) is 0 Å². The Bertz CT molecular complexity index is 330. The van der Waals surface area contributed by atoms with E-state index in [-0.39, 0.29) is 24.7 Å². The van der Waals surface area contributed by atoms with Gasteiger partial charge in [-0.2, -0.15) is 0 Å². The summed E-state index contributed by atoms with van der Waals surface area (Å²) in [7, 11) is 0. The van der Waals surface area contributed by atoms with Crippen LogP contribution in [0.2, 0.25) is 0 Å². The van der Waals surface area contributed by atoms with Crippen LogP contribution in [0, 0.1) is 5.41 Å². The Labute approximate surface area is 108 Å².